The molecule has 0 aliphatic carbocycles. The Labute approximate surface area is 126 Å². The third kappa shape index (κ3) is 2.32. The predicted octanol–water partition coefficient (Wildman–Crippen LogP) is 3.98. The smallest absolute Gasteiger partial charge is 0.208 e. The van der Waals surface area contributed by atoms with E-state index in [1.54, 1.807) is 12.1 Å². The quantitative estimate of drug-likeness (QED) is 0.715. The maximum Gasteiger partial charge on any atom is 0.270 e. The number of nitrogens with zero attached hydrogens (tertiary/aromatic N) is 1. The molecule has 0 bridgehead atoms. The summed E-state index contributed by atoms with van der Waals surface area (Å²) < 4.78 is 40.1. The van der Waals surface area contributed by atoms with Crippen LogP contribution < -0.4 is 0 Å². The first-order valence-corrected chi connectivity index (χ1v) is 8.00. The molecule has 3 nitrogen and oxygen atoms in total. The first-order chi connectivity index (χ1) is 9.89. The Hall–Kier alpha value is -1.85. The van der Waals surface area contributed by atoms with Crippen LogP contribution >= 0.6 is 11.6 Å². The van der Waals surface area contributed by atoms with Crippen LogP contribution in [0.5, 0.6) is 0 Å². The van der Waals surface area contributed by atoms with E-state index in [2.05, 4.69) is 0 Å². The van der Waals surface area contributed by atoms with Gasteiger partial charge in [0.1, 0.15) is 0 Å². The Bertz CT molecular complexity index is 930. The Kier molecular flexibility index (Phi) is 3.26. The van der Waals surface area contributed by atoms with Gasteiger partial charge in [0.25, 0.3) is 10.0 Å². The van der Waals surface area contributed by atoms with Crippen LogP contribution in [0.15, 0.2) is 53.4 Å². The van der Waals surface area contributed by atoms with E-state index in [9.17, 15) is 12.8 Å². The number of hydrogen-bond donors (Lipinski definition) is 0. The van der Waals surface area contributed by atoms with Crippen LogP contribution in [0.2, 0.25) is 5.02 Å². The van der Waals surface area contributed by atoms with Crippen molar-refractivity contribution < 1.29 is 12.8 Å². The van der Waals surface area contributed by atoms with Gasteiger partial charge >= 0.3 is 0 Å². The van der Waals surface area contributed by atoms with Crippen molar-refractivity contribution in [3.8, 4) is 0 Å². The fourth-order valence-electron chi connectivity index (χ4n) is 2.19. The summed E-state index contributed by atoms with van der Waals surface area (Å²) in [6.07, 6.45) is 0. The first-order valence-electron chi connectivity index (χ1n) is 6.18. The van der Waals surface area contributed by atoms with Gasteiger partial charge in [0.2, 0.25) is 5.95 Å². The Balaban J connectivity index is 2.28. The monoisotopic (exact) mass is 323 g/mol. The van der Waals surface area contributed by atoms with Crippen molar-refractivity contribution in [1.29, 1.82) is 0 Å². The normalized spacial score (nSPS) is 12.0. The highest BCUT2D eigenvalue weighted by molar-refractivity contribution is 7.90. The molecule has 0 amide bonds. The van der Waals surface area contributed by atoms with Gasteiger partial charge in [-0.3, -0.25) is 0 Å². The molecule has 3 rings (SSSR count). The van der Waals surface area contributed by atoms with Crippen molar-refractivity contribution in [2.75, 3.05) is 0 Å². The molecule has 21 heavy (non-hydrogen) atoms. The number of fused-ring (bicyclic) bond motifs is 1. The van der Waals surface area contributed by atoms with Crippen molar-refractivity contribution in [3.05, 3.63) is 65.1 Å². The van der Waals surface area contributed by atoms with Gasteiger partial charge in [-0.15, -0.1) is 0 Å². The largest absolute Gasteiger partial charge is 0.270 e. The zero-order valence-electron chi connectivity index (χ0n) is 11.0. The van der Waals surface area contributed by atoms with Gasteiger partial charge in [-0.25, -0.2) is 12.4 Å². The SMILES string of the molecule is Cc1ccc(S(=O)(=O)n2c(F)cc3cc(Cl)ccc32)cc1. The molecular weight excluding hydrogens is 313 g/mol. The van der Waals surface area contributed by atoms with Gasteiger partial charge in [0.15, 0.2) is 0 Å². The van der Waals surface area contributed by atoms with E-state index in [-0.39, 0.29) is 10.4 Å². The van der Waals surface area contributed by atoms with E-state index < -0.39 is 16.0 Å². The summed E-state index contributed by atoms with van der Waals surface area (Å²) >= 11 is 5.85. The van der Waals surface area contributed by atoms with Crippen LogP contribution in [0.25, 0.3) is 10.9 Å². The number of aromatic nitrogens is 1. The standard InChI is InChI=1S/C15H11ClFNO2S/c1-10-2-5-13(6-3-10)21(19,20)18-14-7-4-12(16)8-11(14)9-15(18)17/h2-9H,1H3. The lowest BCUT2D eigenvalue weighted by Crippen LogP contribution is -2.14. The zero-order chi connectivity index (χ0) is 15.2. The lowest BCUT2D eigenvalue weighted by atomic mass is 10.2. The van der Waals surface area contributed by atoms with Crippen LogP contribution in [0.4, 0.5) is 4.39 Å². The summed E-state index contributed by atoms with van der Waals surface area (Å²) in [6.45, 7) is 1.85. The van der Waals surface area contributed by atoms with Gasteiger partial charge in [-0.05, 0) is 37.3 Å². The minimum Gasteiger partial charge on any atom is -0.208 e. The first kappa shape index (κ1) is 14.1. The molecule has 3 aromatic rings. The molecule has 1 heterocycles. The van der Waals surface area contributed by atoms with Crippen molar-refractivity contribution in [3.63, 3.8) is 0 Å². The molecule has 108 valence electrons. The van der Waals surface area contributed by atoms with E-state index in [4.69, 9.17) is 11.6 Å². The molecule has 0 aliphatic heterocycles. The van der Waals surface area contributed by atoms with Gasteiger partial charge in [-0.1, -0.05) is 29.3 Å². The molecule has 6 heteroatoms. The molecule has 0 radical (unpaired) electrons. The lowest BCUT2D eigenvalue weighted by molar-refractivity contribution is 0.546. The number of benzene rings is 2. The molecular formula is C15H11ClFNO2S. The van der Waals surface area contributed by atoms with E-state index in [1.165, 1.54) is 30.3 Å². The second-order valence-corrected chi connectivity index (χ2v) is 6.98. The van der Waals surface area contributed by atoms with Crippen LogP contribution in [0.3, 0.4) is 0 Å². The van der Waals surface area contributed by atoms with E-state index >= 15 is 0 Å². The van der Waals surface area contributed by atoms with Crippen LogP contribution in [-0.2, 0) is 10.0 Å². The number of halogens is 2. The maximum atomic E-state index is 14.1. The third-order valence-electron chi connectivity index (χ3n) is 3.24. The Morgan fingerprint density at radius 1 is 1.05 bits per heavy atom. The third-order valence-corrected chi connectivity index (χ3v) is 5.19. The van der Waals surface area contributed by atoms with Crippen molar-refractivity contribution in [1.82, 2.24) is 3.97 Å². The highest BCUT2D eigenvalue weighted by Gasteiger charge is 2.23. The lowest BCUT2D eigenvalue weighted by Gasteiger charge is -2.08. The average Bonchev–Trinajstić information content (AvgIpc) is 2.74. The number of aryl methyl sites for hydroxylation is 1. The van der Waals surface area contributed by atoms with Crippen LogP contribution in [-0.4, -0.2) is 12.4 Å². The average molecular weight is 324 g/mol. The molecule has 0 fully saturated rings. The van der Waals surface area contributed by atoms with Crippen molar-refractivity contribution in [2.24, 2.45) is 0 Å². The Morgan fingerprint density at radius 3 is 2.38 bits per heavy atom. The molecule has 0 N–H and O–H groups in total. The molecule has 0 atom stereocenters. The molecule has 0 aliphatic rings. The van der Waals surface area contributed by atoms with E-state index in [1.807, 2.05) is 6.92 Å². The van der Waals surface area contributed by atoms with Crippen molar-refractivity contribution in [2.45, 2.75) is 11.8 Å². The van der Waals surface area contributed by atoms with Crippen LogP contribution in [0, 0.1) is 12.9 Å². The summed E-state index contributed by atoms with van der Waals surface area (Å²) in [5.41, 5.74) is 1.19. The molecule has 1 aromatic heterocycles. The summed E-state index contributed by atoms with van der Waals surface area (Å²) in [5, 5.41) is 0.864. The maximum absolute atomic E-state index is 14.1. The number of hydrogen-bond acceptors (Lipinski definition) is 2. The molecule has 0 saturated carbocycles. The molecule has 2 aromatic carbocycles. The van der Waals surface area contributed by atoms with Gasteiger partial charge in [0, 0.05) is 16.5 Å². The van der Waals surface area contributed by atoms with Crippen LogP contribution in [0.1, 0.15) is 5.56 Å². The summed E-state index contributed by atoms with van der Waals surface area (Å²) in [4.78, 5) is 0.0412. The fraction of sp³-hybridized carbons (Fsp3) is 0.0667. The summed E-state index contributed by atoms with van der Waals surface area (Å²) in [5.74, 6) is -0.840. The predicted molar refractivity (Wildman–Crippen MR) is 80.7 cm³/mol. The second kappa shape index (κ2) is 4.86. The van der Waals surface area contributed by atoms with E-state index in [0.717, 1.165) is 11.6 Å². The Morgan fingerprint density at radius 2 is 1.71 bits per heavy atom. The fourth-order valence-corrected chi connectivity index (χ4v) is 3.77. The molecule has 0 unspecified atom stereocenters. The van der Waals surface area contributed by atoms with Crippen molar-refractivity contribution >= 4 is 32.5 Å². The van der Waals surface area contributed by atoms with Gasteiger partial charge < -0.3 is 0 Å². The molecule has 0 saturated heterocycles. The summed E-state index contributed by atoms with van der Waals surface area (Å²) in [7, 11) is -3.98. The highest BCUT2D eigenvalue weighted by atomic mass is 35.5. The minimum absolute atomic E-state index is 0.0412. The van der Waals surface area contributed by atoms with Gasteiger partial charge in [0.05, 0.1) is 10.4 Å². The number of rotatable bonds is 2. The molecule has 0 spiro atoms. The minimum atomic E-state index is -3.98. The summed E-state index contributed by atoms with van der Waals surface area (Å²) in [6, 6.07) is 12.0. The van der Waals surface area contributed by atoms with E-state index in [0.29, 0.717) is 14.4 Å². The zero-order valence-corrected chi connectivity index (χ0v) is 12.6. The highest BCUT2D eigenvalue weighted by Crippen LogP contribution is 2.27. The topological polar surface area (TPSA) is 39.1 Å². The van der Waals surface area contributed by atoms with Gasteiger partial charge in [-0.2, -0.15) is 4.39 Å². The second-order valence-electron chi connectivity index (χ2n) is 4.75.